The summed E-state index contributed by atoms with van der Waals surface area (Å²) in [6, 6.07) is 9.98. The van der Waals surface area contributed by atoms with E-state index in [1.165, 1.54) is 0 Å². The van der Waals surface area contributed by atoms with Crippen molar-refractivity contribution in [2.75, 3.05) is 0 Å². The summed E-state index contributed by atoms with van der Waals surface area (Å²) < 4.78 is 12.2. The Hall–Kier alpha value is -1.13. The zero-order valence-electron chi connectivity index (χ0n) is 13.0. The van der Waals surface area contributed by atoms with Gasteiger partial charge in [-0.15, -0.1) is 0 Å². The summed E-state index contributed by atoms with van der Waals surface area (Å²) in [4.78, 5) is 11.6. The number of carbonyl (C=O) groups excluding carboxylic acids is 1. The van der Waals surface area contributed by atoms with Gasteiger partial charge >= 0.3 is 7.12 Å². The van der Waals surface area contributed by atoms with Crippen LogP contribution in [0.25, 0.3) is 0 Å². The van der Waals surface area contributed by atoms with Crippen LogP contribution in [-0.2, 0) is 14.1 Å². The van der Waals surface area contributed by atoms with Gasteiger partial charge in [0, 0.05) is 12.2 Å². The van der Waals surface area contributed by atoms with E-state index in [1.807, 2.05) is 58.0 Å². The van der Waals surface area contributed by atoms with E-state index < -0.39 is 0 Å². The number of carbonyl (C=O) groups is 1. The van der Waals surface area contributed by atoms with E-state index in [-0.39, 0.29) is 29.9 Å². The molecule has 0 aliphatic carbocycles. The molecule has 1 heterocycles. The van der Waals surface area contributed by atoms with Crippen molar-refractivity contribution in [3.8, 4) is 0 Å². The lowest BCUT2D eigenvalue weighted by molar-refractivity contribution is -0.117. The van der Waals surface area contributed by atoms with Crippen LogP contribution in [0.1, 0.15) is 52.4 Å². The first-order valence-corrected chi connectivity index (χ1v) is 7.13. The Labute approximate surface area is 121 Å². The summed E-state index contributed by atoms with van der Waals surface area (Å²) in [7, 11) is -0.383. The van der Waals surface area contributed by atoms with Gasteiger partial charge in [0.05, 0.1) is 11.2 Å². The van der Waals surface area contributed by atoms with Crippen molar-refractivity contribution in [1.29, 1.82) is 0 Å². The van der Waals surface area contributed by atoms with Crippen LogP contribution in [0.5, 0.6) is 0 Å². The molecule has 1 aromatic rings. The normalized spacial score (nSPS) is 21.8. The minimum Gasteiger partial charge on any atom is -0.403 e. The first-order chi connectivity index (χ1) is 9.23. The number of Topliss-reactive ketones (excluding diaryl/α,β-unsaturated/α-hetero) is 1. The Balaban J connectivity index is 2.28. The van der Waals surface area contributed by atoms with Gasteiger partial charge in [-0.1, -0.05) is 30.3 Å². The topological polar surface area (TPSA) is 35.5 Å². The minimum absolute atomic E-state index is 0.0604. The number of rotatable bonds is 4. The molecule has 1 aliphatic heterocycles. The maximum absolute atomic E-state index is 11.6. The van der Waals surface area contributed by atoms with Crippen LogP contribution in [0, 0.1) is 0 Å². The van der Waals surface area contributed by atoms with Gasteiger partial charge in [-0.25, -0.2) is 0 Å². The second kappa shape index (κ2) is 5.34. The Morgan fingerprint density at radius 3 is 2.05 bits per heavy atom. The fourth-order valence-electron chi connectivity index (χ4n) is 2.43. The van der Waals surface area contributed by atoms with Crippen molar-refractivity contribution in [2.45, 2.75) is 58.1 Å². The van der Waals surface area contributed by atoms with Crippen LogP contribution in [0.4, 0.5) is 0 Å². The van der Waals surface area contributed by atoms with Crippen LogP contribution >= 0.6 is 0 Å². The van der Waals surface area contributed by atoms with Gasteiger partial charge in [-0.3, -0.25) is 0 Å². The molecule has 108 valence electrons. The van der Waals surface area contributed by atoms with Gasteiger partial charge in [0.2, 0.25) is 0 Å². The highest BCUT2D eigenvalue weighted by Gasteiger charge is 2.54. The highest BCUT2D eigenvalue weighted by Crippen LogP contribution is 2.41. The third kappa shape index (κ3) is 2.96. The standard InChI is InChI=1S/C16H23BO3/c1-12(18)11-14(13-9-7-6-8-10-13)17-19-15(2,3)16(4,5)20-17/h6-10,14H,11H2,1-5H3/t14-/m1/s1. The summed E-state index contributed by atoms with van der Waals surface area (Å²) in [5.41, 5.74) is 0.337. The molecule has 3 nitrogen and oxygen atoms in total. The molecule has 1 atom stereocenters. The van der Waals surface area contributed by atoms with Crippen LogP contribution in [0.2, 0.25) is 0 Å². The molecule has 0 amide bonds. The van der Waals surface area contributed by atoms with Crippen molar-refractivity contribution in [2.24, 2.45) is 0 Å². The highest BCUT2D eigenvalue weighted by atomic mass is 16.7. The molecule has 1 aliphatic rings. The van der Waals surface area contributed by atoms with Gasteiger partial charge in [-0.05, 0) is 40.2 Å². The molecular weight excluding hydrogens is 251 g/mol. The molecule has 0 spiro atoms. The second-order valence-corrected chi connectivity index (χ2v) is 6.55. The molecule has 1 saturated heterocycles. The predicted octanol–water partition coefficient (Wildman–Crippen LogP) is 3.38. The van der Waals surface area contributed by atoms with Gasteiger partial charge < -0.3 is 14.1 Å². The van der Waals surface area contributed by atoms with Crippen molar-refractivity contribution in [1.82, 2.24) is 0 Å². The number of benzene rings is 1. The molecule has 0 unspecified atom stereocenters. The van der Waals surface area contributed by atoms with Gasteiger partial charge in [0.15, 0.2) is 0 Å². The van der Waals surface area contributed by atoms with Crippen molar-refractivity contribution in [3.05, 3.63) is 35.9 Å². The van der Waals surface area contributed by atoms with E-state index in [0.29, 0.717) is 6.42 Å². The average Bonchev–Trinajstić information content (AvgIpc) is 2.56. The number of ketones is 1. The largest absolute Gasteiger partial charge is 0.466 e. The van der Waals surface area contributed by atoms with E-state index in [0.717, 1.165) is 5.56 Å². The summed E-state index contributed by atoms with van der Waals surface area (Å²) in [5.74, 6) is 0.0864. The lowest BCUT2D eigenvalue weighted by Crippen LogP contribution is -2.41. The van der Waals surface area contributed by atoms with Crippen LogP contribution < -0.4 is 0 Å². The van der Waals surface area contributed by atoms with Gasteiger partial charge in [0.25, 0.3) is 0 Å². The zero-order chi connectivity index (χ0) is 15.0. The maximum atomic E-state index is 11.6. The van der Waals surface area contributed by atoms with E-state index >= 15 is 0 Å². The first-order valence-electron chi connectivity index (χ1n) is 7.13. The zero-order valence-corrected chi connectivity index (χ0v) is 13.0. The Morgan fingerprint density at radius 1 is 1.10 bits per heavy atom. The number of hydrogen-bond acceptors (Lipinski definition) is 3. The van der Waals surface area contributed by atoms with Gasteiger partial charge in [-0.2, -0.15) is 0 Å². The predicted molar refractivity (Wildman–Crippen MR) is 80.6 cm³/mol. The van der Waals surface area contributed by atoms with Crippen molar-refractivity contribution < 1.29 is 14.1 Å². The average molecular weight is 274 g/mol. The monoisotopic (exact) mass is 274 g/mol. The fraction of sp³-hybridized carbons (Fsp3) is 0.562. The smallest absolute Gasteiger partial charge is 0.403 e. The van der Waals surface area contributed by atoms with E-state index in [9.17, 15) is 4.79 Å². The number of hydrogen-bond donors (Lipinski definition) is 0. The molecule has 1 aromatic carbocycles. The third-order valence-electron chi connectivity index (χ3n) is 4.34. The molecule has 0 aromatic heterocycles. The summed E-state index contributed by atoms with van der Waals surface area (Å²) >= 11 is 0. The van der Waals surface area contributed by atoms with Crippen molar-refractivity contribution >= 4 is 12.9 Å². The van der Waals surface area contributed by atoms with E-state index in [4.69, 9.17) is 9.31 Å². The lowest BCUT2D eigenvalue weighted by atomic mass is 9.65. The molecule has 0 bridgehead atoms. The van der Waals surface area contributed by atoms with Gasteiger partial charge in [0.1, 0.15) is 5.78 Å². The molecule has 1 fully saturated rings. The molecular formula is C16H23BO3. The van der Waals surface area contributed by atoms with Crippen LogP contribution in [0.15, 0.2) is 30.3 Å². The molecule has 4 heteroatoms. The third-order valence-corrected chi connectivity index (χ3v) is 4.34. The SMILES string of the molecule is CC(=O)C[C@@H](B1OC(C)(C)C(C)(C)O1)c1ccccc1. The summed E-state index contributed by atoms with van der Waals surface area (Å²) in [5, 5.41) is 0. The second-order valence-electron chi connectivity index (χ2n) is 6.55. The van der Waals surface area contributed by atoms with Crippen LogP contribution in [-0.4, -0.2) is 24.1 Å². The van der Waals surface area contributed by atoms with E-state index in [2.05, 4.69) is 0 Å². The molecule has 20 heavy (non-hydrogen) atoms. The molecule has 0 N–H and O–H groups in total. The molecule has 0 saturated carbocycles. The van der Waals surface area contributed by atoms with Crippen molar-refractivity contribution in [3.63, 3.8) is 0 Å². The Kier molecular flexibility index (Phi) is 4.08. The van der Waals surface area contributed by atoms with Crippen LogP contribution in [0.3, 0.4) is 0 Å². The molecule has 2 rings (SSSR count). The highest BCUT2D eigenvalue weighted by molar-refractivity contribution is 6.48. The minimum atomic E-state index is -0.383. The fourth-order valence-corrected chi connectivity index (χ4v) is 2.43. The molecule has 0 radical (unpaired) electrons. The Morgan fingerprint density at radius 2 is 1.60 bits per heavy atom. The Bertz CT molecular complexity index is 466. The summed E-state index contributed by atoms with van der Waals surface area (Å²) in [6.07, 6.45) is 0.431. The van der Waals surface area contributed by atoms with E-state index in [1.54, 1.807) is 6.92 Å². The maximum Gasteiger partial charge on any atom is 0.466 e. The quantitative estimate of drug-likeness (QED) is 0.789. The first kappa shape index (κ1) is 15.3. The summed E-state index contributed by atoms with van der Waals surface area (Å²) in [6.45, 7) is 9.73. The lowest BCUT2D eigenvalue weighted by Gasteiger charge is -2.32.